The quantitative estimate of drug-likeness (QED) is 0.649. The summed E-state index contributed by atoms with van der Waals surface area (Å²) in [5.41, 5.74) is 4.16. The highest BCUT2D eigenvalue weighted by Crippen LogP contribution is 2.49. The summed E-state index contributed by atoms with van der Waals surface area (Å²) in [7, 11) is 1.45. The molecule has 0 spiro atoms. The van der Waals surface area contributed by atoms with E-state index in [0.29, 0.717) is 38.1 Å². The number of fused-ring (bicyclic) bond motifs is 2. The van der Waals surface area contributed by atoms with Crippen molar-refractivity contribution in [1.82, 2.24) is 5.32 Å². The van der Waals surface area contributed by atoms with Crippen LogP contribution in [-0.2, 0) is 9.53 Å². The van der Waals surface area contributed by atoms with E-state index in [-0.39, 0.29) is 23.9 Å². The molecule has 0 unspecified atom stereocenters. The van der Waals surface area contributed by atoms with Gasteiger partial charge in [0.1, 0.15) is 0 Å². The molecule has 30 heavy (non-hydrogen) atoms. The molecular formula is C23H20BrNO5. The number of allylic oxidation sites excluding steroid dienone is 2. The highest BCUT2D eigenvalue weighted by Gasteiger charge is 2.43. The van der Waals surface area contributed by atoms with Crippen molar-refractivity contribution in [2.24, 2.45) is 0 Å². The third-order valence-corrected chi connectivity index (χ3v) is 5.95. The average molecular weight is 470 g/mol. The zero-order valence-electron chi connectivity index (χ0n) is 16.7. The van der Waals surface area contributed by atoms with Gasteiger partial charge in [-0.3, -0.25) is 4.79 Å². The number of nitrogens with one attached hydrogen (secondary N) is 1. The monoisotopic (exact) mass is 469 g/mol. The molecule has 0 saturated carbocycles. The van der Waals surface area contributed by atoms with Gasteiger partial charge in [-0.05, 0) is 47.5 Å². The molecule has 2 N–H and O–H groups in total. The van der Waals surface area contributed by atoms with E-state index in [2.05, 4.69) is 21.2 Å². The van der Waals surface area contributed by atoms with Crippen molar-refractivity contribution in [2.75, 3.05) is 13.7 Å². The molecule has 0 fully saturated rings. The second-order valence-electron chi connectivity index (χ2n) is 7.03. The van der Waals surface area contributed by atoms with Crippen LogP contribution in [0.3, 0.4) is 0 Å². The van der Waals surface area contributed by atoms with Gasteiger partial charge in [-0.2, -0.15) is 0 Å². The first kappa shape index (κ1) is 20.2. The third kappa shape index (κ3) is 3.01. The van der Waals surface area contributed by atoms with Crippen LogP contribution in [0.1, 0.15) is 41.3 Å². The summed E-state index contributed by atoms with van der Waals surface area (Å²) in [5.74, 6) is -1.12. The Labute approximate surface area is 182 Å². The second kappa shape index (κ2) is 7.65. The van der Waals surface area contributed by atoms with Gasteiger partial charge in [0.2, 0.25) is 0 Å². The molecule has 0 amide bonds. The highest BCUT2D eigenvalue weighted by molar-refractivity contribution is 9.10. The molecule has 154 valence electrons. The van der Waals surface area contributed by atoms with E-state index in [9.17, 15) is 14.7 Å². The Hall–Kier alpha value is -3.06. The van der Waals surface area contributed by atoms with Crippen LogP contribution in [0.4, 0.5) is 0 Å². The number of hydrogen-bond donors (Lipinski definition) is 2. The number of esters is 1. The lowest BCUT2D eigenvalue weighted by Crippen LogP contribution is -2.29. The van der Waals surface area contributed by atoms with Crippen LogP contribution in [-0.4, -0.2) is 30.6 Å². The molecule has 4 rings (SSSR count). The minimum absolute atomic E-state index is 0.0520. The Morgan fingerprint density at radius 2 is 1.93 bits per heavy atom. The Morgan fingerprint density at radius 1 is 1.23 bits per heavy atom. The molecule has 1 aliphatic carbocycles. The van der Waals surface area contributed by atoms with E-state index in [0.717, 1.165) is 5.56 Å². The largest absolute Gasteiger partial charge is 0.503 e. The predicted octanol–water partition coefficient (Wildman–Crippen LogP) is 4.29. The van der Waals surface area contributed by atoms with Crippen LogP contribution in [0.5, 0.6) is 11.5 Å². The summed E-state index contributed by atoms with van der Waals surface area (Å²) in [6.45, 7) is 3.74. The maximum atomic E-state index is 13.4. The number of methoxy groups -OCH3 is 1. The minimum atomic E-state index is -0.675. The number of dihydropyridines is 1. The van der Waals surface area contributed by atoms with Gasteiger partial charge in [-0.25, -0.2) is 4.79 Å². The first-order chi connectivity index (χ1) is 14.4. The van der Waals surface area contributed by atoms with E-state index >= 15 is 0 Å². The Morgan fingerprint density at radius 3 is 2.60 bits per heavy atom. The van der Waals surface area contributed by atoms with Gasteiger partial charge in [-0.15, -0.1) is 0 Å². The maximum absolute atomic E-state index is 13.4. The number of aromatic hydroxyl groups is 1. The molecule has 6 nitrogen and oxygen atoms in total. The van der Waals surface area contributed by atoms with Crippen LogP contribution < -0.4 is 10.1 Å². The number of phenols is 1. The molecule has 1 aliphatic heterocycles. The molecule has 2 aliphatic rings. The van der Waals surface area contributed by atoms with Gasteiger partial charge in [0.15, 0.2) is 17.3 Å². The van der Waals surface area contributed by atoms with E-state index < -0.39 is 11.9 Å². The summed E-state index contributed by atoms with van der Waals surface area (Å²) in [6.07, 6.45) is 0. The van der Waals surface area contributed by atoms with Gasteiger partial charge in [0.05, 0.1) is 29.5 Å². The standard InChI is InChI=1S/C23H20BrNO5/c1-4-30-23(28)17-11(2)25-20-13-7-5-6-8-14(13)21(26)19(20)18(17)12-9-15(24)22(27)16(10-12)29-3/h5-10,18,25,27H,4H2,1-3H3/t18-/m0/s1. The van der Waals surface area contributed by atoms with Crippen LogP contribution in [0, 0.1) is 0 Å². The molecule has 0 aromatic heterocycles. The summed E-state index contributed by atoms with van der Waals surface area (Å²) in [4.78, 5) is 26.3. The number of rotatable bonds is 4. The second-order valence-corrected chi connectivity index (χ2v) is 7.89. The number of benzene rings is 2. The number of ketones is 1. The highest BCUT2D eigenvalue weighted by atomic mass is 79.9. The van der Waals surface area contributed by atoms with Crippen molar-refractivity contribution < 1.29 is 24.2 Å². The molecule has 0 saturated heterocycles. The third-order valence-electron chi connectivity index (χ3n) is 5.35. The molecule has 2 aromatic rings. The number of ether oxygens (including phenoxy) is 2. The summed E-state index contributed by atoms with van der Waals surface area (Å²) >= 11 is 3.34. The molecule has 2 aromatic carbocycles. The zero-order chi connectivity index (χ0) is 21.6. The van der Waals surface area contributed by atoms with Crippen LogP contribution in [0.15, 0.2) is 57.7 Å². The van der Waals surface area contributed by atoms with Gasteiger partial charge in [0.25, 0.3) is 0 Å². The Balaban J connectivity index is 1.97. The molecule has 7 heteroatoms. The first-order valence-corrected chi connectivity index (χ1v) is 10.3. The number of carbonyl (C=O) groups excluding carboxylic acids is 2. The molecule has 1 atom stereocenters. The number of phenolic OH excluding ortho intramolecular Hbond substituents is 1. The molecular weight excluding hydrogens is 450 g/mol. The van der Waals surface area contributed by atoms with Gasteiger partial charge >= 0.3 is 5.97 Å². The van der Waals surface area contributed by atoms with E-state index in [1.165, 1.54) is 7.11 Å². The lowest BCUT2D eigenvalue weighted by molar-refractivity contribution is -0.138. The van der Waals surface area contributed by atoms with E-state index in [1.54, 1.807) is 32.0 Å². The smallest absolute Gasteiger partial charge is 0.336 e. The van der Waals surface area contributed by atoms with Crippen molar-refractivity contribution in [2.45, 2.75) is 19.8 Å². The van der Waals surface area contributed by atoms with E-state index in [1.807, 2.05) is 18.2 Å². The van der Waals surface area contributed by atoms with Crippen molar-refractivity contribution in [3.8, 4) is 11.5 Å². The van der Waals surface area contributed by atoms with Crippen LogP contribution in [0.2, 0.25) is 0 Å². The Kier molecular flexibility index (Phi) is 5.15. The van der Waals surface area contributed by atoms with Gasteiger partial charge in [-0.1, -0.05) is 24.3 Å². The van der Waals surface area contributed by atoms with Crippen molar-refractivity contribution in [1.29, 1.82) is 0 Å². The fourth-order valence-electron chi connectivity index (χ4n) is 4.06. The maximum Gasteiger partial charge on any atom is 0.336 e. The molecule has 0 bridgehead atoms. The topological polar surface area (TPSA) is 84.9 Å². The number of Topliss-reactive ketones (excluding diaryl/α,β-unsaturated/α-hetero) is 1. The lowest BCUT2D eigenvalue weighted by atomic mass is 9.79. The summed E-state index contributed by atoms with van der Waals surface area (Å²) in [6, 6.07) is 10.7. The SMILES string of the molecule is CCOC(=O)C1=C(C)NC2=C(C(=O)c3ccccc32)[C@H]1c1cc(Br)c(O)c(OC)c1. The fraction of sp³-hybridized carbons (Fsp3) is 0.217. The van der Waals surface area contributed by atoms with Crippen molar-refractivity contribution in [3.63, 3.8) is 0 Å². The Bertz CT molecular complexity index is 1150. The van der Waals surface area contributed by atoms with Crippen molar-refractivity contribution in [3.05, 3.63) is 74.4 Å². The van der Waals surface area contributed by atoms with Crippen molar-refractivity contribution >= 4 is 33.4 Å². The van der Waals surface area contributed by atoms with Crippen LogP contribution in [0.25, 0.3) is 5.70 Å². The zero-order valence-corrected chi connectivity index (χ0v) is 18.3. The van der Waals surface area contributed by atoms with Gasteiger partial charge in [0, 0.05) is 28.3 Å². The normalized spacial score (nSPS) is 17.5. The number of hydrogen-bond acceptors (Lipinski definition) is 6. The average Bonchev–Trinajstić information content (AvgIpc) is 3.01. The number of halogens is 1. The first-order valence-electron chi connectivity index (χ1n) is 9.48. The lowest BCUT2D eigenvalue weighted by Gasteiger charge is -2.29. The predicted molar refractivity (Wildman–Crippen MR) is 115 cm³/mol. The van der Waals surface area contributed by atoms with Crippen LogP contribution >= 0.6 is 15.9 Å². The number of carbonyl (C=O) groups is 2. The van der Waals surface area contributed by atoms with E-state index in [4.69, 9.17) is 9.47 Å². The molecule has 0 radical (unpaired) electrons. The molecule has 1 heterocycles. The minimum Gasteiger partial charge on any atom is -0.503 e. The summed E-state index contributed by atoms with van der Waals surface area (Å²) < 4.78 is 11.0. The fourth-order valence-corrected chi connectivity index (χ4v) is 4.52. The van der Waals surface area contributed by atoms with Gasteiger partial charge < -0.3 is 19.9 Å². The summed E-state index contributed by atoms with van der Waals surface area (Å²) in [5, 5.41) is 13.5.